The molecule has 3 aromatic rings. The summed E-state index contributed by atoms with van der Waals surface area (Å²) in [5, 5.41) is 9.65. The Labute approximate surface area is 190 Å². The van der Waals surface area contributed by atoms with Crippen LogP contribution in [0, 0.1) is 6.92 Å². The number of amides is 1. The van der Waals surface area contributed by atoms with Crippen molar-refractivity contribution in [2.24, 2.45) is 0 Å². The molecule has 168 valence electrons. The highest BCUT2D eigenvalue weighted by Gasteiger charge is 2.43. The van der Waals surface area contributed by atoms with E-state index in [4.69, 9.17) is 4.74 Å². The zero-order valence-electron chi connectivity index (χ0n) is 17.6. The predicted molar refractivity (Wildman–Crippen MR) is 120 cm³/mol. The van der Waals surface area contributed by atoms with Crippen LogP contribution in [0.15, 0.2) is 71.6 Å². The monoisotopic (exact) mass is 464 g/mol. The number of carbonyl (C=O) groups excluding carboxylic acids is 1. The van der Waals surface area contributed by atoms with E-state index in [1.54, 1.807) is 13.0 Å². The van der Waals surface area contributed by atoms with Crippen molar-refractivity contribution in [1.82, 2.24) is 4.72 Å². The lowest BCUT2D eigenvalue weighted by molar-refractivity contribution is -0.138. The number of sulfonamides is 1. The molecule has 0 saturated heterocycles. The minimum Gasteiger partial charge on any atom is -0.479 e. The molecule has 1 aliphatic heterocycles. The quantitative estimate of drug-likeness (QED) is 0.614. The van der Waals surface area contributed by atoms with Gasteiger partial charge in [-0.15, -0.1) is 0 Å². The average molecular weight is 464 g/mol. The number of carboxylic acid groups (broad SMARTS) is 1. The van der Waals surface area contributed by atoms with Crippen LogP contribution in [-0.4, -0.2) is 38.4 Å². The van der Waals surface area contributed by atoms with Crippen LogP contribution in [0.4, 0.5) is 10.5 Å². The molecule has 8 nitrogen and oxygen atoms in total. The van der Waals surface area contributed by atoms with E-state index in [0.29, 0.717) is 5.56 Å². The number of carboxylic acids is 1. The summed E-state index contributed by atoms with van der Waals surface area (Å²) in [6.07, 6.45) is -2.77. The molecule has 1 unspecified atom stereocenters. The number of nitrogens with one attached hydrogen (secondary N) is 1. The van der Waals surface area contributed by atoms with Gasteiger partial charge in [0.05, 0.1) is 5.69 Å². The molecule has 1 aliphatic carbocycles. The molecular formula is C24H20N2O6S. The third kappa shape index (κ3) is 3.46. The molecule has 1 atom stereocenters. The van der Waals surface area contributed by atoms with Gasteiger partial charge in [-0.05, 0) is 46.9 Å². The third-order valence-corrected chi connectivity index (χ3v) is 7.41. The summed E-state index contributed by atoms with van der Waals surface area (Å²) < 4.78 is 32.8. The molecule has 0 aromatic heterocycles. The van der Waals surface area contributed by atoms with E-state index in [-0.39, 0.29) is 23.1 Å². The molecule has 2 aliphatic rings. The highest BCUT2D eigenvalue weighted by atomic mass is 32.2. The third-order valence-electron chi connectivity index (χ3n) is 5.96. The molecule has 1 amide bonds. The van der Waals surface area contributed by atoms with Crippen LogP contribution < -0.4 is 9.62 Å². The van der Waals surface area contributed by atoms with Gasteiger partial charge in [0.25, 0.3) is 0 Å². The molecule has 5 rings (SSSR count). The number of anilines is 1. The van der Waals surface area contributed by atoms with Gasteiger partial charge >= 0.3 is 12.1 Å². The maximum Gasteiger partial charge on any atom is 0.416 e. The van der Waals surface area contributed by atoms with Gasteiger partial charge in [-0.25, -0.2) is 22.9 Å². The molecule has 0 radical (unpaired) electrons. The van der Waals surface area contributed by atoms with Gasteiger partial charge in [-0.3, -0.25) is 0 Å². The second kappa shape index (κ2) is 7.72. The molecule has 9 heteroatoms. The van der Waals surface area contributed by atoms with Crippen molar-refractivity contribution in [3.05, 3.63) is 83.4 Å². The van der Waals surface area contributed by atoms with Gasteiger partial charge in [0.1, 0.15) is 11.5 Å². The number of aliphatic carboxylic acids is 1. The van der Waals surface area contributed by atoms with Crippen LogP contribution in [0.1, 0.15) is 22.6 Å². The Bertz CT molecular complexity index is 1360. The first-order valence-electron chi connectivity index (χ1n) is 10.3. The fourth-order valence-corrected chi connectivity index (χ4v) is 5.78. The number of hydrogen-bond donors (Lipinski definition) is 2. The summed E-state index contributed by atoms with van der Waals surface area (Å²) in [6, 6.07) is 20.1. The fourth-order valence-electron chi connectivity index (χ4n) is 4.47. The Balaban J connectivity index is 1.49. The van der Waals surface area contributed by atoms with Crippen LogP contribution in [0.25, 0.3) is 11.1 Å². The van der Waals surface area contributed by atoms with Crippen molar-refractivity contribution < 1.29 is 27.9 Å². The van der Waals surface area contributed by atoms with Gasteiger partial charge in [0.2, 0.25) is 16.2 Å². The van der Waals surface area contributed by atoms with E-state index in [2.05, 4.69) is 4.72 Å². The molecule has 0 fully saturated rings. The SMILES string of the molecule is Cc1ccc2c(c1)N(C(=O)OCC1c3ccccc3-c3ccccc31)C(C(=O)O)NS2(=O)=O. The summed E-state index contributed by atoms with van der Waals surface area (Å²) >= 11 is 0. The molecule has 33 heavy (non-hydrogen) atoms. The summed E-state index contributed by atoms with van der Waals surface area (Å²) in [7, 11) is -4.11. The van der Waals surface area contributed by atoms with Gasteiger partial charge in [0, 0.05) is 5.92 Å². The molecule has 0 saturated carbocycles. The number of nitrogens with zero attached hydrogens (tertiary/aromatic N) is 1. The van der Waals surface area contributed by atoms with Gasteiger partial charge < -0.3 is 9.84 Å². The number of fused-ring (bicyclic) bond motifs is 4. The average Bonchev–Trinajstić information content (AvgIpc) is 3.10. The second-order valence-electron chi connectivity index (χ2n) is 8.01. The largest absolute Gasteiger partial charge is 0.479 e. The smallest absolute Gasteiger partial charge is 0.416 e. The number of aryl methyl sites for hydroxylation is 1. The Kier molecular flexibility index (Phi) is 4.95. The summed E-state index contributed by atoms with van der Waals surface area (Å²) in [6.45, 7) is 1.70. The van der Waals surface area contributed by atoms with Crippen LogP contribution in [-0.2, 0) is 19.6 Å². The Morgan fingerprint density at radius 1 is 1.00 bits per heavy atom. The van der Waals surface area contributed by atoms with Gasteiger partial charge in [0.15, 0.2) is 0 Å². The van der Waals surface area contributed by atoms with E-state index in [1.165, 1.54) is 12.1 Å². The highest BCUT2D eigenvalue weighted by molar-refractivity contribution is 7.89. The van der Waals surface area contributed by atoms with Crippen molar-refractivity contribution >= 4 is 27.8 Å². The van der Waals surface area contributed by atoms with Crippen molar-refractivity contribution in [2.45, 2.75) is 23.9 Å². The Morgan fingerprint density at radius 2 is 1.61 bits per heavy atom. The van der Waals surface area contributed by atoms with Crippen LogP contribution in [0.5, 0.6) is 0 Å². The van der Waals surface area contributed by atoms with Crippen molar-refractivity contribution in [2.75, 3.05) is 11.5 Å². The molecule has 3 aromatic carbocycles. The lowest BCUT2D eigenvalue weighted by Gasteiger charge is -2.34. The number of rotatable bonds is 3. The molecular weight excluding hydrogens is 444 g/mol. The summed E-state index contributed by atoms with van der Waals surface area (Å²) in [5.74, 6) is -1.73. The molecule has 0 spiro atoms. The van der Waals surface area contributed by atoms with Gasteiger partial charge in [-0.1, -0.05) is 54.6 Å². The minimum atomic E-state index is -4.11. The topological polar surface area (TPSA) is 113 Å². The number of carbonyl (C=O) groups is 2. The van der Waals surface area contributed by atoms with Gasteiger partial charge in [-0.2, -0.15) is 4.72 Å². The standard InChI is InChI=1S/C24H20N2O6S/c1-14-10-11-21-20(12-14)26(22(23(27)28)25-33(21,30)31)24(29)32-13-19-17-8-4-2-6-15(17)16-7-3-5-9-18(16)19/h2-12,19,22,25H,13H2,1H3,(H,27,28). The summed E-state index contributed by atoms with van der Waals surface area (Å²) in [5.41, 5.74) is 4.78. The second-order valence-corrected chi connectivity index (χ2v) is 9.69. The Hall–Kier alpha value is -3.69. The van der Waals surface area contributed by atoms with Crippen LogP contribution in [0.3, 0.4) is 0 Å². The number of hydrogen-bond acceptors (Lipinski definition) is 5. The van der Waals surface area contributed by atoms with E-state index >= 15 is 0 Å². The van der Waals surface area contributed by atoms with E-state index in [9.17, 15) is 23.1 Å². The lowest BCUT2D eigenvalue weighted by Crippen LogP contribution is -2.59. The minimum absolute atomic E-state index is 0.0242. The fraction of sp³-hybridized carbons (Fsp3) is 0.167. The highest BCUT2D eigenvalue weighted by Crippen LogP contribution is 2.44. The van der Waals surface area contributed by atoms with Crippen molar-refractivity contribution in [1.29, 1.82) is 0 Å². The first-order chi connectivity index (χ1) is 15.8. The number of benzene rings is 3. The predicted octanol–water partition coefficient (Wildman–Crippen LogP) is 3.45. The Morgan fingerprint density at radius 3 is 2.21 bits per heavy atom. The van der Waals surface area contributed by atoms with Crippen molar-refractivity contribution in [3.8, 4) is 11.1 Å². The normalized spacial score (nSPS) is 18.2. The zero-order valence-corrected chi connectivity index (χ0v) is 18.4. The lowest BCUT2D eigenvalue weighted by atomic mass is 9.98. The maximum atomic E-state index is 13.2. The maximum absolute atomic E-state index is 13.2. The van der Waals surface area contributed by atoms with E-state index in [0.717, 1.165) is 27.2 Å². The molecule has 2 N–H and O–H groups in total. The number of ether oxygens (including phenoxy) is 1. The zero-order chi connectivity index (χ0) is 23.3. The van der Waals surface area contributed by atoms with E-state index < -0.39 is 28.3 Å². The van der Waals surface area contributed by atoms with Crippen LogP contribution in [0.2, 0.25) is 0 Å². The van der Waals surface area contributed by atoms with Crippen molar-refractivity contribution in [3.63, 3.8) is 0 Å². The molecule has 1 heterocycles. The first kappa shape index (κ1) is 21.2. The first-order valence-corrected chi connectivity index (χ1v) is 11.8. The van der Waals surface area contributed by atoms with E-state index in [1.807, 2.05) is 48.5 Å². The van der Waals surface area contributed by atoms with Crippen LogP contribution >= 0.6 is 0 Å². The summed E-state index contributed by atoms with van der Waals surface area (Å²) in [4.78, 5) is 25.7. The molecule has 0 bridgehead atoms.